The van der Waals surface area contributed by atoms with E-state index in [9.17, 15) is 5.11 Å². The topological polar surface area (TPSA) is 60.7 Å². The molecule has 21 heavy (non-hydrogen) atoms. The summed E-state index contributed by atoms with van der Waals surface area (Å²) in [5.74, 6) is 0.168. The number of benzene rings is 2. The van der Waals surface area contributed by atoms with E-state index >= 15 is 0 Å². The second-order valence-electron chi connectivity index (χ2n) is 4.88. The van der Waals surface area contributed by atoms with Crippen LogP contribution in [0.4, 0.5) is 0 Å². The molecule has 1 aliphatic rings. The van der Waals surface area contributed by atoms with Gasteiger partial charge in [0.05, 0.1) is 11.6 Å². The highest BCUT2D eigenvalue weighted by Gasteiger charge is 2.09. The van der Waals surface area contributed by atoms with Crippen LogP contribution in [0.1, 0.15) is 11.1 Å². The predicted molar refractivity (Wildman–Crippen MR) is 86.0 cm³/mol. The molecule has 0 aliphatic carbocycles. The third-order valence-corrected chi connectivity index (χ3v) is 4.00. The summed E-state index contributed by atoms with van der Waals surface area (Å²) in [4.78, 5) is 2.99. The van der Waals surface area contributed by atoms with Crippen LogP contribution in [0.5, 0.6) is 5.88 Å². The Hall–Kier alpha value is -2.40. The zero-order valence-electron chi connectivity index (χ0n) is 10.8. The molecule has 0 spiro atoms. The van der Waals surface area contributed by atoms with Crippen LogP contribution >= 0.6 is 15.9 Å². The lowest BCUT2D eigenvalue weighted by atomic mass is 10.1. The maximum absolute atomic E-state index is 10.1. The number of nitrogens with zero attached hydrogens (tertiary/aromatic N) is 2. The second-order valence-corrected chi connectivity index (χ2v) is 5.80. The molecule has 2 heterocycles. The van der Waals surface area contributed by atoms with Crippen molar-refractivity contribution in [3.05, 3.63) is 62.6 Å². The third kappa shape index (κ3) is 2.06. The minimum Gasteiger partial charge on any atom is -0.494 e. The number of hydrogen-bond donors (Lipinski definition) is 2. The fourth-order valence-corrected chi connectivity index (χ4v) is 2.86. The molecule has 1 aromatic heterocycles. The average molecular weight is 340 g/mol. The molecule has 3 aromatic rings. The number of hydrogen-bond acceptors (Lipinski definition) is 3. The molecule has 102 valence electrons. The lowest BCUT2D eigenvalue weighted by molar-refractivity contribution is 0.457. The van der Waals surface area contributed by atoms with Gasteiger partial charge in [-0.3, -0.25) is 0 Å². The van der Waals surface area contributed by atoms with Crippen molar-refractivity contribution in [3.63, 3.8) is 0 Å². The van der Waals surface area contributed by atoms with Crippen LogP contribution < -0.4 is 10.6 Å². The minimum atomic E-state index is 0.168. The quantitative estimate of drug-likeness (QED) is 0.702. The monoisotopic (exact) mass is 339 g/mol. The first-order valence-corrected chi connectivity index (χ1v) is 7.23. The van der Waals surface area contributed by atoms with E-state index in [-0.39, 0.29) is 5.88 Å². The Balaban J connectivity index is 1.97. The lowest BCUT2D eigenvalue weighted by Crippen LogP contribution is -2.11. The molecule has 0 atom stereocenters. The van der Waals surface area contributed by atoms with Crippen molar-refractivity contribution in [1.29, 1.82) is 0 Å². The SMILES string of the molecule is Oc1[nH]c2ccc(Br)cc2c1/C=c1\ccc2c(c1)C=NN=2. The summed E-state index contributed by atoms with van der Waals surface area (Å²) >= 11 is 3.46. The molecular formula is C16H10BrN3O. The van der Waals surface area contributed by atoms with Gasteiger partial charge >= 0.3 is 0 Å². The number of aromatic nitrogens is 1. The highest BCUT2D eigenvalue weighted by molar-refractivity contribution is 9.10. The zero-order chi connectivity index (χ0) is 14.4. The molecule has 4 rings (SSSR count). The molecule has 2 aromatic carbocycles. The molecule has 0 fully saturated rings. The van der Waals surface area contributed by atoms with Crippen molar-refractivity contribution >= 4 is 39.1 Å². The highest BCUT2D eigenvalue weighted by atomic mass is 79.9. The second kappa shape index (κ2) is 4.56. The van der Waals surface area contributed by atoms with Crippen molar-refractivity contribution in [1.82, 2.24) is 4.98 Å². The normalized spacial score (nSPS) is 13.7. The Kier molecular flexibility index (Phi) is 2.68. The van der Waals surface area contributed by atoms with Crippen LogP contribution in [-0.2, 0) is 0 Å². The average Bonchev–Trinajstić information content (AvgIpc) is 3.04. The van der Waals surface area contributed by atoms with Crippen molar-refractivity contribution in [2.75, 3.05) is 0 Å². The molecule has 4 nitrogen and oxygen atoms in total. The van der Waals surface area contributed by atoms with Gasteiger partial charge in [-0.1, -0.05) is 22.0 Å². The molecule has 0 saturated carbocycles. The molecule has 0 radical (unpaired) electrons. The number of rotatable bonds is 1. The van der Waals surface area contributed by atoms with Gasteiger partial charge in [-0.25, -0.2) is 0 Å². The van der Waals surface area contributed by atoms with Crippen molar-refractivity contribution in [2.24, 2.45) is 10.2 Å². The van der Waals surface area contributed by atoms with E-state index in [2.05, 4.69) is 31.1 Å². The van der Waals surface area contributed by atoms with Gasteiger partial charge < -0.3 is 10.1 Å². The Bertz CT molecular complexity index is 1020. The molecule has 0 saturated heterocycles. The fourth-order valence-electron chi connectivity index (χ4n) is 2.49. The maximum atomic E-state index is 10.1. The zero-order valence-corrected chi connectivity index (χ0v) is 12.4. The first-order chi connectivity index (χ1) is 10.2. The molecule has 0 amide bonds. The van der Waals surface area contributed by atoms with Crippen molar-refractivity contribution in [2.45, 2.75) is 0 Å². The summed E-state index contributed by atoms with van der Waals surface area (Å²) in [6.07, 6.45) is 3.69. The van der Waals surface area contributed by atoms with Crippen molar-refractivity contribution < 1.29 is 5.11 Å². The molecule has 0 unspecified atom stereocenters. The molecule has 0 bridgehead atoms. The summed E-state index contributed by atoms with van der Waals surface area (Å²) in [5.41, 5.74) is 2.67. The van der Waals surface area contributed by atoms with Gasteiger partial charge in [-0.05, 0) is 41.6 Å². The predicted octanol–water partition coefficient (Wildman–Crippen LogP) is 2.43. The lowest BCUT2D eigenvalue weighted by Gasteiger charge is -1.95. The van der Waals surface area contributed by atoms with Crippen molar-refractivity contribution in [3.8, 4) is 5.88 Å². The van der Waals surface area contributed by atoms with Crippen LogP contribution in [0.2, 0.25) is 0 Å². The van der Waals surface area contributed by atoms with E-state index in [1.54, 1.807) is 6.21 Å². The number of aromatic amines is 1. The third-order valence-electron chi connectivity index (χ3n) is 3.50. The summed E-state index contributed by atoms with van der Waals surface area (Å²) in [7, 11) is 0. The number of nitrogens with one attached hydrogen (secondary N) is 1. The van der Waals surface area contributed by atoms with Crippen LogP contribution in [0.25, 0.3) is 17.0 Å². The van der Waals surface area contributed by atoms with Gasteiger partial charge in [-0.15, -0.1) is 0 Å². The van der Waals surface area contributed by atoms with Gasteiger partial charge in [0.2, 0.25) is 0 Å². The Morgan fingerprint density at radius 3 is 2.95 bits per heavy atom. The first kappa shape index (κ1) is 12.3. The summed E-state index contributed by atoms with van der Waals surface area (Å²) < 4.78 is 0.975. The fraction of sp³-hybridized carbons (Fsp3) is 0. The highest BCUT2D eigenvalue weighted by Crippen LogP contribution is 2.29. The van der Waals surface area contributed by atoms with E-state index < -0.39 is 0 Å². The van der Waals surface area contributed by atoms with E-state index in [1.165, 1.54) is 0 Å². The van der Waals surface area contributed by atoms with Gasteiger partial charge in [-0.2, -0.15) is 10.2 Å². The molecule has 1 aliphatic heterocycles. The Labute approximate surface area is 128 Å². The number of aromatic hydroxyl groups is 1. The van der Waals surface area contributed by atoms with Crippen LogP contribution in [0, 0.1) is 0 Å². The standard InChI is InChI=1S/C16H10BrN3O/c17-11-2-4-15-12(7-11)13(16(21)19-15)6-9-1-3-14-10(5-9)8-18-20-14/h1-8,19,21H/b9-6+. The Morgan fingerprint density at radius 2 is 2.05 bits per heavy atom. The van der Waals surface area contributed by atoms with Gasteiger partial charge in [0.1, 0.15) is 0 Å². The number of halogens is 1. The van der Waals surface area contributed by atoms with Crippen LogP contribution in [-0.4, -0.2) is 16.3 Å². The maximum Gasteiger partial charge on any atom is 0.196 e. The summed E-state index contributed by atoms with van der Waals surface area (Å²) in [5, 5.41) is 20.9. The van der Waals surface area contributed by atoms with E-state index in [4.69, 9.17) is 0 Å². The summed E-state index contributed by atoms with van der Waals surface area (Å²) in [6.45, 7) is 0. The van der Waals surface area contributed by atoms with E-state index in [0.717, 1.165) is 37.1 Å². The van der Waals surface area contributed by atoms with Gasteiger partial charge in [0, 0.05) is 26.5 Å². The summed E-state index contributed by atoms with van der Waals surface area (Å²) in [6, 6.07) is 11.8. The van der Waals surface area contributed by atoms with Gasteiger partial charge in [0.15, 0.2) is 5.88 Å². The van der Waals surface area contributed by atoms with Crippen LogP contribution in [0.3, 0.4) is 0 Å². The number of fused-ring (bicyclic) bond motifs is 2. The molecule has 5 heteroatoms. The smallest absolute Gasteiger partial charge is 0.196 e. The molecule has 2 N–H and O–H groups in total. The van der Waals surface area contributed by atoms with Gasteiger partial charge in [0.25, 0.3) is 0 Å². The first-order valence-electron chi connectivity index (χ1n) is 6.44. The largest absolute Gasteiger partial charge is 0.494 e. The Morgan fingerprint density at radius 1 is 1.14 bits per heavy atom. The van der Waals surface area contributed by atoms with Crippen LogP contribution in [0.15, 0.2) is 51.1 Å². The minimum absolute atomic E-state index is 0.168. The van der Waals surface area contributed by atoms with E-state index in [1.807, 2.05) is 42.5 Å². The molecular weight excluding hydrogens is 330 g/mol. The van der Waals surface area contributed by atoms with E-state index in [0.29, 0.717) is 0 Å². The number of H-pyrrole nitrogens is 1.